The summed E-state index contributed by atoms with van der Waals surface area (Å²) in [7, 11) is 0. The van der Waals surface area contributed by atoms with Crippen molar-refractivity contribution in [3.05, 3.63) is 58.1 Å². The molecule has 18 heavy (non-hydrogen) atoms. The lowest BCUT2D eigenvalue weighted by atomic mass is 10.2. The van der Waals surface area contributed by atoms with Gasteiger partial charge in [-0.1, -0.05) is 15.9 Å². The highest BCUT2D eigenvalue weighted by Gasteiger charge is 2.07. The zero-order valence-electron chi connectivity index (χ0n) is 9.58. The number of hydrogen-bond donors (Lipinski definition) is 1. The molecule has 0 bridgehead atoms. The van der Waals surface area contributed by atoms with E-state index in [2.05, 4.69) is 26.2 Å². The molecule has 1 heterocycles. The van der Waals surface area contributed by atoms with Gasteiger partial charge in [-0.15, -0.1) is 0 Å². The molecule has 0 spiro atoms. The first-order valence-electron chi connectivity index (χ1n) is 5.25. The summed E-state index contributed by atoms with van der Waals surface area (Å²) in [5, 5.41) is 2.73. The van der Waals surface area contributed by atoms with E-state index >= 15 is 0 Å². The van der Waals surface area contributed by atoms with Crippen LogP contribution in [0.4, 0.5) is 10.1 Å². The third kappa shape index (κ3) is 3.13. The van der Waals surface area contributed by atoms with Crippen LogP contribution >= 0.6 is 15.9 Å². The Kier molecular flexibility index (Phi) is 3.72. The molecule has 5 heteroatoms. The van der Waals surface area contributed by atoms with Gasteiger partial charge in [0.25, 0.3) is 5.91 Å². The number of anilines is 1. The van der Waals surface area contributed by atoms with Crippen molar-refractivity contribution in [3.63, 3.8) is 0 Å². The zero-order valence-corrected chi connectivity index (χ0v) is 11.2. The number of aromatic nitrogens is 1. The summed E-state index contributed by atoms with van der Waals surface area (Å²) in [6.07, 6.45) is 1.20. The standard InChI is InChI=1S/C13H10BrFN2O/c1-8-4-10(14)6-11(5-8)17-13(18)9-2-3-12(15)16-7-9/h2-7H,1H3,(H,17,18). The lowest BCUT2D eigenvalue weighted by Gasteiger charge is -2.06. The number of carbonyl (C=O) groups excluding carboxylic acids is 1. The quantitative estimate of drug-likeness (QED) is 0.862. The number of amides is 1. The van der Waals surface area contributed by atoms with Crippen molar-refractivity contribution in [2.24, 2.45) is 0 Å². The number of hydrogen-bond acceptors (Lipinski definition) is 2. The second-order valence-electron chi connectivity index (χ2n) is 3.84. The van der Waals surface area contributed by atoms with E-state index in [-0.39, 0.29) is 5.91 Å². The van der Waals surface area contributed by atoms with Gasteiger partial charge in [0.15, 0.2) is 0 Å². The maximum Gasteiger partial charge on any atom is 0.257 e. The molecule has 1 aromatic heterocycles. The lowest BCUT2D eigenvalue weighted by Crippen LogP contribution is -2.12. The normalized spacial score (nSPS) is 10.2. The van der Waals surface area contributed by atoms with Gasteiger partial charge in [-0.25, -0.2) is 4.98 Å². The van der Waals surface area contributed by atoms with E-state index in [9.17, 15) is 9.18 Å². The summed E-state index contributed by atoms with van der Waals surface area (Å²) in [6.45, 7) is 1.93. The smallest absolute Gasteiger partial charge is 0.257 e. The van der Waals surface area contributed by atoms with Crippen molar-refractivity contribution in [3.8, 4) is 0 Å². The average molecular weight is 309 g/mol. The SMILES string of the molecule is Cc1cc(Br)cc(NC(=O)c2ccc(F)nc2)c1. The molecule has 0 saturated carbocycles. The van der Waals surface area contributed by atoms with E-state index in [0.29, 0.717) is 11.3 Å². The molecular weight excluding hydrogens is 299 g/mol. The molecule has 0 unspecified atom stereocenters. The molecule has 0 aliphatic carbocycles. The average Bonchev–Trinajstić information content (AvgIpc) is 2.28. The van der Waals surface area contributed by atoms with Gasteiger partial charge in [0.2, 0.25) is 5.95 Å². The Morgan fingerprint density at radius 1 is 1.33 bits per heavy atom. The van der Waals surface area contributed by atoms with E-state index in [1.54, 1.807) is 6.07 Å². The van der Waals surface area contributed by atoms with E-state index in [0.717, 1.165) is 16.1 Å². The molecular formula is C13H10BrFN2O. The number of carbonyl (C=O) groups is 1. The van der Waals surface area contributed by atoms with Gasteiger partial charge < -0.3 is 5.32 Å². The lowest BCUT2D eigenvalue weighted by molar-refractivity contribution is 0.102. The maximum absolute atomic E-state index is 12.6. The number of halogens is 2. The van der Waals surface area contributed by atoms with Crippen molar-refractivity contribution in [1.29, 1.82) is 0 Å². The summed E-state index contributed by atoms with van der Waals surface area (Å²) in [5.41, 5.74) is 2.02. The predicted molar refractivity (Wildman–Crippen MR) is 71.0 cm³/mol. The Morgan fingerprint density at radius 2 is 2.11 bits per heavy atom. The molecule has 2 aromatic rings. The molecule has 0 saturated heterocycles. The summed E-state index contributed by atoms with van der Waals surface area (Å²) in [6, 6.07) is 8.13. The van der Waals surface area contributed by atoms with E-state index in [1.807, 2.05) is 19.1 Å². The molecule has 0 aliphatic rings. The number of aryl methyl sites for hydroxylation is 1. The Hall–Kier alpha value is -1.75. The molecule has 3 nitrogen and oxygen atoms in total. The Bertz CT molecular complexity index is 564. The largest absolute Gasteiger partial charge is 0.322 e. The van der Waals surface area contributed by atoms with Crippen LogP contribution in [0.15, 0.2) is 41.0 Å². The van der Waals surface area contributed by atoms with Crippen LogP contribution in [-0.4, -0.2) is 10.9 Å². The molecule has 1 aromatic carbocycles. The van der Waals surface area contributed by atoms with Gasteiger partial charge in [-0.2, -0.15) is 4.39 Å². The van der Waals surface area contributed by atoms with E-state index in [1.165, 1.54) is 12.3 Å². The number of nitrogens with zero attached hydrogens (tertiary/aromatic N) is 1. The van der Waals surface area contributed by atoms with Gasteiger partial charge >= 0.3 is 0 Å². The third-order valence-corrected chi connectivity index (χ3v) is 2.75. The van der Waals surface area contributed by atoms with Gasteiger partial charge in [-0.05, 0) is 42.8 Å². The number of benzene rings is 1. The van der Waals surface area contributed by atoms with Crippen LogP contribution in [0.2, 0.25) is 0 Å². The molecule has 1 amide bonds. The molecule has 0 atom stereocenters. The van der Waals surface area contributed by atoms with Crippen molar-refractivity contribution in [2.75, 3.05) is 5.32 Å². The van der Waals surface area contributed by atoms with Crippen LogP contribution in [-0.2, 0) is 0 Å². The molecule has 92 valence electrons. The van der Waals surface area contributed by atoms with Crippen molar-refractivity contribution in [1.82, 2.24) is 4.98 Å². The maximum atomic E-state index is 12.6. The minimum absolute atomic E-state index is 0.314. The first kappa shape index (κ1) is 12.7. The van der Waals surface area contributed by atoms with Crippen LogP contribution in [0.3, 0.4) is 0 Å². The Labute approximate surface area is 112 Å². The fourth-order valence-electron chi connectivity index (χ4n) is 1.52. The summed E-state index contributed by atoms with van der Waals surface area (Å²) in [5.74, 6) is -0.926. The first-order chi connectivity index (χ1) is 8.54. The van der Waals surface area contributed by atoms with E-state index in [4.69, 9.17) is 0 Å². The fraction of sp³-hybridized carbons (Fsp3) is 0.0769. The number of rotatable bonds is 2. The highest BCUT2D eigenvalue weighted by Crippen LogP contribution is 2.19. The molecule has 2 rings (SSSR count). The minimum atomic E-state index is -0.607. The highest BCUT2D eigenvalue weighted by molar-refractivity contribution is 9.10. The Balaban J connectivity index is 2.18. The molecule has 0 aliphatic heterocycles. The number of nitrogens with one attached hydrogen (secondary N) is 1. The topological polar surface area (TPSA) is 42.0 Å². The van der Waals surface area contributed by atoms with Crippen molar-refractivity contribution < 1.29 is 9.18 Å². The van der Waals surface area contributed by atoms with E-state index < -0.39 is 5.95 Å². The highest BCUT2D eigenvalue weighted by atomic mass is 79.9. The van der Waals surface area contributed by atoms with Crippen LogP contribution < -0.4 is 5.32 Å². The van der Waals surface area contributed by atoms with Gasteiger partial charge in [-0.3, -0.25) is 4.79 Å². The molecule has 1 N–H and O–H groups in total. The summed E-state index contributed by atoms with van der Waals surface area (Å²) in [4.78, 5) is 15.3. The predicted octanol–water partition coefficient (Wildman–Crippen LogP) is 3.54. The van der Waals surface area contributed by atoms with Crippen molar-refractivity contribution >= 4 is 27.5 Å². The monoisotopic (exact) mass is 308 g/mol. The zero-order chi connectivity index (χ0) is 13.1. The molecule has 0 radical (unpaired) electrons. The number of pyridine rings is 1. The fourth-order valence-corrected chi connectivity index (χ4v) is 2.13. The second kappa shape index (κ2) is 5.27. The van der Waals surface area contributed by atoms with Crippen LogP contribution in [0.1, 0.15) is 15.9 Å². The molecule has 0 fully saturated rings. The third-order valence-electron chi connectivity index (χ3n) is 2.29. The second-order valence-corrected chi connectivity index (χ2v) is 4.76. The van der Waals surface area contributed by atoms with Gasteiger partial charge in [0, 0.05) is 16.4 Å². The van der Waals surface area contributed by atoms with Crippen LogP contribution in [0.5, 0.6) is 0 Å². The van der Waals surface area contributed by atoms with Crippen LogP contribution in [0.25, 0.3) is 0 Å². The van der Waals surface area contributed by atoms with Gasteiger partial charge in [0.1, 0.15) is 0 Å². The Morgan fingerprint density at radius 3 is 2.72 bits per heavy atom. The van der Waals surface area contributed by atoms with Crippen molar-refractivity contribution in [2.45, 2.75) is 6.92 Å². The summed E-state index contributed by atoms with van der Waals surface area (Å²) >= 11 is 3.36. The first-order valence-corrected chi connectivity index (χ1v) is 6.04. The minimum Gasteiger partial charge on any atom is -0.322 e. The summed E-state index contributed by atoms with van der Waals surface area (Å²) < 4.78 is 13.5. The van der Waals surface area contributed by atoms with Gasteiger partial charge in [0.05, 0.1) is 5.56 Å². The van der Waals surface area contributed by atoms with Crippen LogP contribution in [0, 0.1) is 12.9 Å².